The number of nitrogens with two attached hydrogens (primary N) is 1. The van der Waals surface area contributed by atoms with E-state index in [0.717, 1.165) is 36.7 Å². The van der Waals surface area contributed by atoms with E-state index in [0.29, 0.717) is 5.82 Å². The van der Waals surface area contributed by atoms with Crippen LogP contribution < -0.4 is 11.1 Å². The lowest BCUT2D eigenvalue weighted by atomic mass is 10.2. The fraction of sp³-hybridized carbons (Fsp3) is 0.231. The largest absolute Gasteiger partial charge is 0.383 e. The van der Waals surface area contributed by atoms with Crippen LogP contribution in [0.2, 0.25) is 0 Å². The van der Waals surface area contributed by atoms with Gasteiger partial charge in [-0.25, -0.2) is 0 Å². The molecule has 0 radical (unpaired) electrons. The number of aliphatic imine (C=N–C) groups is 1. The quantitative estimate of drug-likeness (QED) is 0.791. The van der Waals surface area contributed by atoms with Crippen LogP contribution in [0.5, 0.6) is 0 Å². The van der Waals surface area contributed by atoms with Gasteiger partial charge >= 0.3 is 0 Å². The van der Waals surface area contributed by atoms with Gasteiger partial charge in [0.15, 0.2) is 0 Å². The van der Waals surface area contributed by atoms with E-state index in [2.05, 4.69) is 15.4 Å². The number of rotatable bonds is 1. The Balaban J connectivity index is 1.98. The molecule has 0 saturated heterocycles. The number of hydrogen-bond acceptors (Lipinski definition) is 4. The van der Waals surface area contributed by atoms with E-state index in [1.54, 1.807) is 4.68 Å². The Morgan fingerprint density at radius 2 is 2.06 bits per heavy atom. The van der Waals surface area contributed by atoms with Crippen molar-refractivity contribution in [2.45, 2.75) is 6.42 Å². The molecule has 3 rings (SSSR count). The molecule has 0 saturated carbocycles. The average molecular weight is 241 g/mol. The van der Waals surface area contributed by atoms with Crippen LogP contribution in [0, 0.1) is 0 Å². The molecular weight excluding hydrogens is 226 g/mol. The summed E-state index contributed by atoms with van der Waals surface area (Å²) in [5.41, 5.74) is 7.91. The first-order valence-corrected chi connectivity index (χ1v) is 6.04. The maximum Gasteiger partial charge on any atom is 0.221 e. The SMILES string of the molecule is Nc1cc(-c2ccccc2)nn1C1=NCCCN1. The summed E-state index contributed by atoms with van der Waals surface area (Å²) in [6.07, 6.45) is 1.05. The fourth-order valence-electron chi connectivity index (χ4n) is 1.98. The molecule has 2 aromatic rings. The molecule has 0 bridgehead atoms. The second kappa shape index (κ2) is 4.52. The number of nitrogens with one attached hydrogen (secondary N) is 1. The molecule has 1 aliphatic rings. The summed E-state index contributed by atoms with van der Waals surface area (Å²) in [5.74, 6) is 1.34. The molecule has 2 heterocycles. The molecule has 0 amide bonds. The summed E-state index contributed by atoms with van der Waals surface area (Å²) in [6.45, 7) is 1.74. The molecule has 1 aromatic carbocycles. The maximum absolute atomic E-state index is 5.99. The standard InChI is InChI=1S/C13H15N5/c14-12-9-11(10-5-2-1-3-6-10)17-18(12)13-15-7-4-8-16-13/h1-3,5-6,9H,4,7-8,14H2,(H,15,16). The summed E-state index contributed by atoms with van der Waals surface area (Å²) < 4.78 is 1.67. The van der Waals surface area contributed by atoms with E-state index in [9.17, 15) is 0 Å². The Morgan fingerprint density at radius 1 is 1.22 bits per heavy atom. The highest BCUT2D eigenvalue weighted by molar-refractivity contribution is 5.85. The van der Waals surface area contributed by atoms with Gasteiger partial charge in [0, 0.05) is 24.7 Å². The smallest absolute Gasteiger partial charge is 0.221 e. The zero-order valence-corrected chi connectivity index (χ0v) is 10.0. The van der Waals surface area contributed by atoms with E-state index in [4.69, 9.17) is 5.73 Å². The summed E-state index contributed by atoms with van der Waals surface area (Å²) >= 11 is 0. The van der Waals surface area contributed by atoms with Crippen LogP contribution in [0.15, 0.2) is 41.4 Å². The van der Waals surface area contributed by atoms with E-state index < -0.39 is 0 Å². The first kappa shape index (κ1) is 10.8. The van der Waals surface area contributed by atoms with Crippen molar-refractivity contribution >= 4 is 11.8 Å². The highest BCUT2D eigenvalue weighted by atomic mass is 15.4. The average Bonchev–Trinajstić information content (AvgIpc) is 2.83. The van der Waals surface area contributed by atoms with Crippen molar-refractivity contribution in [1.82, 2.24) is 15.1 Å². The minimum absolute atomic E-state index is 0.599. The van der Waals surface area contributed by atoms with Crippen LogP contribution in [-0.2, 0) is 0 Å². The molecule has 0 spiro atoms. The Kier molecular flexibility index (Phi) is 2.72. The highest BCUT2D eigenvalue weighted by Crippen LogP contribution is 2.19. The number of benzene rings is 1. The zero-order valence-electron chi connectivity index (χ0n) is 10.0. The molecule has 1 aromatic heterocycles. The molecule has 0 unspecified atom stereocenters. The topological polar surface area (TPSA) is 68.2 Å². The van der Waals surface area contributed by atoms with Gasteiger partial charge in [-0.1, -0.05) is 30.3 Å². The summed E-state index contributed by atoms with van der Waals surface area (Å²) in [6, 6.07) is 11.9. The van der Waals surface area contributed by atoms with Gasteiger partial charge in [0.05, 0.1) is 5.69 Å². The second-order valence-electron chi connectivity index (χ2n) is 4.22. The molecule has 92 valence electrons. The highest BCUT2D eigenvalue weighted by Gasteiger charge is 2.13. The predicted molar refractivity (Wildman–Crippen MR) is 72.4 cm³/mol. The van der Waals surface area contributed by atoms with Crippen molar-refractivity contribution in [3.8, 4) is 11.3 Å². The number of nitrogens with zero attached hydrogens (tertiary/aromatic N) is 3. The van der Waals surface area contributed by atoms with Crippen LogP contribution >= 0.6 is 0 Å². The van der Waals surface area contributed by atoms with Crippen LogP contribution in [0.1, 0.15) is 6.42 Å². The van der Waals surface area contributed by atoms with E-state index >= 15 is 0 Å². The zero-order chi connectivity index (χ0) is 12.4. The van der Waals surface area contributed by atoms with Crippen molar-refractivity contribution in [1.29, 1.82) is 0 Å². The van der Waals surface area contributed by atoms with Crippen molar-refractivity contribution in [2.75, 3.05) is 18.8 Å². The summed E-state index contributed by atoms with van der Waals surface area (Å²) in [5, 5.41) is 7.71. The third kappa shape index (κ3) is 1.95. The molecule has 3 N–H and O–H groups in total. The molecule has 0 fully saturated rings. The minimum Gasteiger partial charge on any atom is -0.383 e. The molecule has 5 nitrogen and oxygen atoms in total. The third-order valence-corrected chi connectivity index (χ3v) is 2.89. The van der Waals surface area contributed by atoms with Gasteiger partial charge in [-0.05, 0) is 6.42 Å². The van der Waals surface area contributed by atoms with Crippen molar-refractivity contribution in [3.63, 3.8) is 0 Å². The van der Waals surface area contributed by atoms with Crippen molar-refractivity contribution < 1.29 is 0 Å². The van der Waals surface area contributed by atoms with Crippen LogP contribution in [0.3, 0.4) is 0 Å². The Hall–Kier alpha value is -2.30. The fourth-order valence-corrected chi connectivity index (χ4v) is 1.98. The van der Waals surface area contributed by atoms with Crippen LogP contribution in [0.4, 0.5) is 5.82 Å². The predicted octanol–water partition coefficient (Wildman–Crippen LogP) is 1.33. The van der Waals surface area contributed by atoms with E-state index in [1.165, 1.54) is 0 Å². The van der Waals surface area contributed by atoms with Crippen molar-refractivity contribution in [2.24, 2.45) is 4.99 Å². The number of anilines is 1. The summed E-state index contributed by atoms with van der Waals surface area (Å²) in [7, 11) is 0. The van der Waals surface area contributed by atoms with Gasteiger partial charge in [0.25, 0.3) is 0 Å². The first-order chi connectivity index (χ1) is 8.84. The van der Waals surface area contributed by atoms with Gasteiger partial charge in [-0.3, -0.25) is 4.99 Å². The molecule has 0 atom stereocenters. The molecule has 18 heavy (non-hydrogen) atoms. The van der Waals surface area contributed by atoms with Gasteiger partial charge in [-0.2, -0.15) is 9.78 Å². The lowest BCUT2D eigenvalue weighted by Crippen LogP contribution is -2.36. The number of nitrogen functional groups attached to an aromatic ring is 1. The normalized spacial score (nSPS) is 15.0. The third-order valence-electron chi connectivity index (χ3n) is 2.89. The second-order valence-corrected chi connectivity index (χ2v) is 4.22. The minimum atomic E-state index is 0.599. The van der Waals surface area contributed by atoms with Crippen LogP contribution in [-0.4, -0.2) is 28.8 Å². The van der Waals surface area contributed by atoms with Gasteiger partial charge < -0.3 is 11.1 Å². The molecular formula is C13H15N5. The van der Waals surface area contributed by atoms with Gasteiger partial charge in [0.1, 0.15) is 5.82 Å². The maximum atomic E-state index is 5.99. The van der Waals surface area contributed by atoms with Crippen LogP contribution in [0.25, 0.3) is 11.3 Å². The Bertz CT molecular complexity index is 570. The number of aromatic nitrogens is 2. The van der Waals surface area contributed by atoms with E-state index in [1.807, 2.05) is 36.4 Å². The Morgan fingerprint density at radius 3 is 2.78 bits per heavy atom. The van der Waals surface area contributed by atoms with Gasteiger partial charge in [-0.15, -0.1) is 0 Å². The molecule has 1 aliphatic heterocycles. The monoisotopic (exact) mass is 241 g/mol. The molecule has 0 aliphatic carbocycles. The lowest BCUT2D eigenvalue weighted by molar-refractivity contribution is 0.703. The van der Waals surface area contributed by atoms with Crippen molar-refractivity contribution in [3.05, 3.63) is 36.4 Å². The Labute approximate surface area is 105 Å². The van der Waals surface area contributed by atoms with E-state index in [-0.39, 0.29) is 0 Å². The lowest BCUT2D eigenvalue weighted by Gasteiger charge is -2.14. The van der Waals surface area contributed by atoms with Gasteiger partial charge in [0.2, 0.25) is 5.96 Å². The molecule has 5 heteroatoms. The first-order valence-electron chi connectivity index (χ1n) is 6.04. The number of hydrogen-bond donors (Lipinski definition) is 2. The summed E-state index contributed by atoms with van der Waals surface area (Å²) in [4.78, 5) is 4.39.